The second-order valence-corrected chi connectivity index (χ2v) is 8.68. The number of anilines is 1. The standard InChI is InChI=1S/C32H27NO4/c1-22(17-32(34)33-25-13-15-26(16-14-25)36-20-23-9-5-3-6-10-23)27-18-28-29(24-11-7-4-8-12-24)21-37-31(28)19-30(27)35-2/h3-19,21H,20H2,1-2H3,(H,33,34)/b22-17+. The van der Waals surface area contributed by atoms with Gasteiger partial charge < -0.3 is 19.2 Å². The second kappa shape index (κ2) is 10.9. The molecular weight excluding hydrogens is 462 g/mol. The molecule has 1 aromatic heterocycles. The lowest BCUT2D eigenvalue weighted by molar-refractivity contribution is -0.111. The first-order chi connectivity index (χ1) is 18.1. The molecule has 0 fully saturated rings. The van der Waals surface area contributed by atoms with Crippen molar-refractivity contribution in [2.75, 3.05) is 12.4 Å². The molecule has 0 saturated carbocycles. The Hall–Kier alpha value is -4.77. The number of amides is 1. The Morgan fingerprint density at radius 3 is 2.32 bits per heavy atom. The lowest BCUT2D eigenvalue weighted by Crippen LogP contribution is -2.08. The molecule has 0 saturated heterocycles. The van der Waals surface area contributed by atoms with Crippen LogP contribution in [0.3, 0.4) is 0 Å². The van der Waals surface area contributed by atoms with Crippen molar-refractivity contribution in [3.05, 3.63) is 121 Å². The minimum atomic E-state index is -0.229. The average Bonchev–Trinajstić information content (AvgIpc) is 3.36. The third kappa shape index (κ3) is 5.57. The fourth-order valence-corrected chi connectivity index (χ4v) is 4.20. The van der Waals surface area contributed by atoms with Crippen LogP contribution in [-0.4, -0.2) is 13.0 Å². The number of carbonyl (C=O) groups excluding carboxylic acids is 1. The normalized spacial score (nSPS) is 11.4. The van der Waals surface area contributed by atoms with Crippen LogP contribution in [-0.2, 0) is 11.4 Å². The van der Waals surface area contributed by atoms with E-state index in [-0.39, 0.29) is 5.91 Å². The summed E-state index contributed by atoms with van der Waals surface area (Å²) < 4.78 is 17.2. The highest BCUT2D eigenvalue weighted by atomic mass is 16.5. The molecule has 0 unspecified atom stereocenters. The number of hydrogen-bond acceptors (Lipinski definition) is 4. The van der Waals surface area contributed by atoms with Gasteiger partial charge in [-0.2, -0.15) is 0 Å². The molecule has 4 aromatic carbocycles. The minimum Gasteiger partial charge on any atom is -0.496 e. The van der Waals surface area contributed by atoms with Gasteiger partial charge >= 0.3 is 0 Å². The molecule has 184 valence electrons. The molecule has 1 N–H and O–H groups in total. The maximum Gasteiger partial charge on any atom is 0.248 e. The Labute approximate surface area is 216 Å². The summed E-state index contributed by atoms with van der Waals surface area (Å²) in [6.45, 7) is 2.38. The molecule has 0 aliphatic heterocycles. The van der Waals surface area contributed by atoms with E-state index in [9.17, 15) is 4.79 Å². The van der Waals surface area contributed by atoms with E-state index in [2.05, 4.69) is 5.32 Å². The van der Waals surface area contributed by atoms with Crippen LogP contribution in [0.4, 0.5) is 5.69 Å². The van der Waals surface area contributed by atoms with Gasteiger partial charge in [0.05, 0.1) is 13.4 Å². The van der Waals surface area contributed by atoms with Crippen LogP contribution in [0.2, 0.25) is 0 Å². The van der Waals surface area contributed by atoms with E-state index < -0.39 is 0 Å². The summed E-state index contributed by atoms with van der Waals surface area (Å²) in [5.41, 5.74) is 6.17. The summed E-state index contributed by atoms with van der Waals surface area (Å²) in [5.74, 6) is 1.15. The molecule has 0 atom stereocenters. The molecule has 0 radical (unpaired) electrons. The van der Waals surface area contributed by atoms with E-state index in [4.69, 9.17) is 13.9 Å². The molecule has 0 aliphatic rings. The van der Waals surface area contributed by atoms with Gasteiger partial charge in [0.15, 0.2) is 0 Å². The van der Waals surface area contributed by atoms with Gasteiger partial charge in [-0.3, -0.25) is 4.79 Å². The molecule has 5 rings (SSSR count). The van der Waals surface area contributed by atoms with E-state index in [1.165, 1.54) is 0 Å². The van der Waals surface area contributed by atoms with Gasteiger partial charge in [-0.05, 0) is 54.0 Å². The van der Waals surface area contributed by atoms with E-state index in [0.717, 1.165) is 44.5 Å². The Morgan fingerprint density at radius 2 is 1.62 bits per heavy atom. The van der Waals surface area contributed by atoms with Crippen molar-refractivity contribution in [2.45, 2.75) is 13.5 Å². The molecule has 1 heterocycles. The van der Waals surface area contributed by atoms with Crippen LogP contribution >= 0.6 is 0 Å². The van der Waals surface area contributed by atoms with Gasteiger partial charge in [-0.25, -0.2) is 0 Å². The molecule has 5 heteroatoms. The predicted molar refractivity (Wildman–Crippen MR) is 148 cm³/mol. The Balaban J connectivity index is 1.32. The topological polar surface area (TPSA) is 60.7 Å². The van der Waals surface area contributed by atoms with Crippen LogP contribution in [0, 0.1) is 0 Å². The number of fused-ring (bicyclic) bond motifs is 1. The van der Waals surface area contributed by atoms with Crippen LogP contribution in [0.5, 0.6) is 11.5 Å². The Bertz CT molecular complexity index is 1540. The lowest BCUT2D eigenvalue weighted by atomic mass is 9.99. The largest absolute Gasteiger partial charge is 0.496 e. The fourth-order valence-electron chi connectivity index (χ4n) is 4.20. The van der Waals surface area contributed by atoms with Crippen LogP contribution in [0.15, 0.2) is 114 Å². The first-order valence-electron chi connectivity index (χ1n) is 12.0. The maximum atomic E-state index is 12.8. The van der Waals surface area contributed by atoms with Crippen molar-refractivity contribution in [1.29, 1.82) is 0 Å². The number of methoxy groups -OCH3 is 1. The molecule has 0 bridgehead atoms. The Kier molecular flexibility index (Phi) is 7.04. The first kappa shape index (κ1) is 23.9. The highest BCUT2D eigenvalue weighted by Crippen LogP contribution is 2.37. The van der Waals surface area contributed by atoms with Crippen LogP contribution in [0.25, 0.3) is 27.7 Å². The number of carbonyl (C=O) groups is 1. The van der Waals surface area contributed by atoms with Gasteiger partial charge in [0.25, 0.3) is 0 Å². The molecule has 0 spiro atoms. The van der Waals surface area contributed by atoms with Crippen molar-refractivity contribution in [1.82, 2.24) is 0 Å². The highest BCUT2D eigenvalue weighted by Gasteiger charge is 2.15. The molecule has 1 amide bonds. The predicted octanol–water partition coefficient (Wildman–Crippen LogP) is 7.73. The molecular formula is C32H27NO4. The Morgan fingerprint density at radius 1 is 0.919 bits per heavy atom. The highest BCUT2D eigenvalue weighted by molar-refractivity contribution is 6.05. The van der Waals surface area contributed by atoms with Crippen molar-refractivity contribution < 1.29 is 18.7 Å². The SMILES string of the molecule is COc1cc2occ(-c3ccccc3)c2cc1/C(C)=C/C(=O)Nc1ccc(OCc2ccccc2)cc1. The monoisotopic (exact) mass is 489 g/mol. The van der Waals surface area contributed by atoms with Gasteiger partial charge in [-0.1, -0.05) is 60.7 Å². The summed E-state index contributed by atoms with van der Waals surface area (Å²) in [5, 5.41) is 3.88. The van der Waals surface area contributed by atoms with Gasteiger partial charge in [0, 0.05) is 34.3 Å². The van der Waals surface area contributed by atoms with Gasteiger partial charge in [0.2, 0.25) is 5.91 Å². The van der Waals surface area contributed by atoms with Gasteiger partial charge in [-0.15, -0.1) is 0 Å². The first-order valence-corrected chi connectivity index (χ1v) is 12.0. The summed E-state index contributed by atoms with van der Waals surface area (Å²) in [6.07, 6.45) is 3.33. The number of rotatable bonds is 8. The van der Waals surface area contributed by atoms with Gasteiger partial charge in [0.1, 0.15) is 23.7 Å². The van der Waals surface area contributed by atoms with Crippen molar-refractivity contribution in [2.24, 2.45) is 0 Å². The number of hydrogen-bond donors (Lipinski definition) is 1. The number of allylic oxidation sites excluding steroid dienone is 1. The summed E-state index contributed by atoms with van der Waals surface area (Å²) in [4.78, 5) is 12.8. The zero-order chi connectivity index (χ0) is 25.6. The molecule has 0 aliphatic carbocycles. The fraction of sp³-hybridized carbons (Fsp3) is 0.0938. The van der Waals surface area contributed by atoms with Crippen molar-refractivity contribution in [3.8, 4) is 22.6 Å². The third-order valence-corrected chi connectivity index (χ3v) is 6.12. The van der Waals surface area contributed by atoms with Crippen molar-refractivity contribution in [3.63, 3.8) is 0 Å². The zero-order valence-corrected chi connectivity index (χ0v) is 20.7. The van der Waals surface area contributed by atoms with Crippen molar-refractivity contribution >= 4 is 28.1 Å². The minimum absolute atomic E-state index is 0.229. The second-order valence-electron chi connectivity index (χ2n) is 8.68. The number of nitrogens with one attached hydrogen (secondary N) is 1. The summed E-state index contributed by atoms with van der Waals surface area (Å²) in [7, 11) is 1.61. The van der Waals surface area contributed by atoms with E-state index in [0.29, 0.717) is 18.0 Å². The lowest BCUT2D eigenvalue weighted by Gasteiger charge is -2.11. The summed E-state index contributed by atoms with van der Waals surface area (Å²) in [6, 6.07) is 31.3. The number of benzene rings is 4. The van der Waals surface area contributed by atoms with E-state index >= 15 is 0 Å². The van der Waals surface area contributed by atoms with E-state index in [1.54, 1.807) is 19.4 Å². The zero-order valence-electron chi connectivity index (χ0n) is 20.7. The number of ether oxygens (including phenoxy) is 2. The number of furan rings is 1. The average molecular weight is 490 g/mol. The summed E-state index contributed by atoms with van der Waals surface area (Å²) >= 11 is 0. The quantitative estimate of drug-likeness (QED) is 0.227. The van der Waals surface area contributed by atoms with E-state index in [1.807, 2.05) is 104 Å². The molecule has 5 aromatic rings. The molecule has 37 heavy (non-hydrogen) atoms. The smallest absolute Gasteiger partial charge is 0.248 e. The third-order valence-electron chi connectivity index (χ3n) is 6.12. The van der Waals surface area contributed by atoms with Crippen LogP contribution in [0.1, 0.15) is 18.1 Å². The molecule has 5 nitrogen and oxygen atoms in total. The maximum absolute atomic E-state index is 12.8. The van der Waals surface area contributed by atoms with Crippen LogP contribution < -0.4 is 14.8 Å².